The number of aryl methyl sites for hydroxylation is 1. The lowest BCUT2D eigenvalue weighted by molar-refractivity contribution is 0.413. The number of benzene rings is 1. The average molecular weight is 237 g/mol. The van der Waals surface area contributed by atoms with E-state index >= 15 is 0 Å². The van der Waals surface area contributed by atoms with Crippen molar-refractivity contribution < 1.29 is 4.74 Å². The molecular formula is C13H19NOS. The number of rotatable bonds is 5. The van der Waals surface area contributed by atoms with E-state index in [4.69, 9.17) is 10.5 Å². The maximum Gasteiger partial charge on any atom is 0.126 e. The number of ether oxygens (including phenoxy) is 1. The van der Waals surface area contributed by atoms with Crippen LogP contribution in [0.1, 0.15) is 18.1 Å². The van der Waals surface area contributed by atoms with Gasteiger partial charge in [0.05, 0.1) is 7.11 Å². The van der Waals surface area contributed by atoms with Gasteiger partial charge in [0.1, 0.15) is 5.75 Å². The zero-order valence-corrected chi connectivity index (χ0v) is 10.9. The standard InChI is InChI=1S/C13H19NOS/c1-4-10-8-12(15-2)11(6-5-7-14)9-13(10)16-3/h5-6,8-9H,4,7,14H2,1-3H3/b6-5+. The minimum absolute atomic E-state index is 0.549. The second-order valence-corrected chi connectivity index (χ2v) is 4.25. The van der Waals surface area contributed by atoms with Crippen molar-refractivity contribution in [3.8, 4) is 5.75 Å². The number of hydrogen-bond donors (Lipinski definition) is 1. The van der Waals surface area contributed by atoms with Crippen LogP contribution in [0.2, 0.25) is 0 Å². The Morgan fingerprint density at radius 3 is 2.69 bits per heavy atom. The molecule has 0 spiro atoms. The molecular weight excluding hydrogens is 218 g/mol. The van der Waals surface area contributed by atoms with Crippen molar-refractivity contribution in [3.63, 3.8) is 0 Å². The Balaban J connectivity index is 3.20. The van der Waals surface area contributed by atoms with Crippen LogP contribution in [0.15, 0.2) is 23.1 Å². The topological polar surface area (TPSA) is 35.2 Å². The molecule has 0 heterocycles. The molecule has 0 aliphatic heterocycles. The monoisotopic (exact) mass is 237 g/mol. The fourth-order valence-electron chi connectivity index (χ4n) is 1.59. The van der Waals surface area contributed by atoms with E-state index in [0.717, 1.165) is 17.7 Å². The maximum absolute atomic E-state index is 5.46. The molecule has 0 amide bonds. The van der Waals surface area contributed by atoms with E-state index in [0.29, 0.717) is 6.54 Å². The first-order chi connectivity index (χ1) is 7.76. The first-order valence-corrected chi connectivity index (χ1v) is 6.60. The summed E-state index contributed by atoms with van der Waals surface area (Å²) in [6.45, 7) is 2.71. The van der Waals surface area contributed by atoms with Crippen LogP contribution in [0.25, 0.3) is 6.08 Å². The molecule has 1 aromatic carbocycles. The van der Waals surface area contributed by atoms with E-state index in [1.807, 2.05) is 12.2 Å². The predicted octanol–water partition coefficient (Wildman–Crippen LogP) is 2.95. The molecule has 0 radical (unpaired) electrons. The Morgan fingerprint density at radius 1 is 1.44 bits per heavy atom. The summed E-state index contributed by atoms with van der Waals surface area (Å²) in [7, 11) is 1.70. The minimum Gasteiger partial charge on any atom is -0.496 e. The first-order valence-electron chi connectivity index (χ1n) is 5.38. The average Bonchev–Trinajstić information content (AvgIpc) is 2.35. The minimum atomic E-state index is 0.549. The summed E-state index contributed by atoms with van der Waals surface area (Å²) in [6, 6.07) is 4.27. The van der Waals surface area contributed by atoms with Crippen LogP contribution >= 0.6 is 11.8 Å². The Bertz CT molecular complexity index is 374. The third-order valence-corrected chi connectivity index (χ3v) is 3.27. The molecule has 2 nitrogen and oxygen atoms in total. The smallest absolute Gasteiger partial charge is 0.126 e. The van der Waals surface area contributed by atoms with Gasteiger partial charge in [-0.2, -0.15) is 0 Å². The summed E-state index contributed by atoms with van der Waals surface area (Å²) in [4.78, 5) is 1.31. The van der Waals surface area contributed by atoms with Gasteiger partial charge in [-0.3, -0.25) is 0 Å². The maximum atomic E-state index is 5.46. The molecule has 1 rings (SSSR count). The van der Waals surface area contributed by atoms with Gasteiger partial charge in [-0.1, -0.05) is 19.1 Å². The zero-order valence-electron chi connectivity index (χ0n) is 10.1. The van der Waals surface area contributed by atoms with Crippen LogP contribution in [0.5, 0.6) is 5.75 Å². The summed E-state index contributed by atoms with van der Waals surface area (Å²) in [6.07, 6.45) is 7.07. The van der Waals surface area contributed by atoms with Gasteiger partial charge in [-0.25, -0.2) is 0 Å². The van der Waals surface area contributed by atoms with Gasteiger partial charge in [0.15, 0.2) is 0 Å². The number of thioether (sulfide) groups is 1. The number of nitrogens with two attached hydrogens (primary N) is 1. The fourth-order valence-corrected chi connectivity index (χ4v) is 2.30. The first kappa shape index (κ1) is 13.1. The molecule has 16 heavy (non-hydrogen) atoms. The Labute approximate surface area is 102 Å². The number of methoxy groups -OCH3 is 1. The van der Waals surface area contributed by atoms with Crippen molar-refractivity contribution in [3.05, 3.63) is 29.3 Å². The highest BCUT2D eigenvalue weighted by atomic mass is 32.2. The molecule has 0 atom stereocenters. The van der Waals surface area contributed by atoms with Gasteiger partial charge < -0.3 is 10.5 Å². The summed E-state index contributed by atoms with van der Waals surface area (Å²) in [5.74, 6) is 0.916. The molecule has 0 saturated carbocycles. The van der Waals surface area contributed by atoms with Gasteiger partial charge in [-0.15, -0.1) is 11.8 Å². The van der Waals surface area contributed by atoms with E-state index in [2.05, 4.69) is 25.3 Å². The van der Waals surface area contributed by atoms with Gasteiger partial charge >= 0.3 is 0 Å². The highest BCUT2D eigenvalue weighted by molar-refractivity contribution is 7.98. The van der Waals surface area contributed by atoms with Crippen LogP contribution in [0, 0.1) is 0 Å². The van der Waals surface area contributed by atoms with E-state index in [1.54, 1.807) is 18.9 Å². The van der Waals surface area contributed by atoms with Crippen molar-refractivity contribution in [1.82, 2.24) is 0 Å². The van der Waals surface area contributed by atoms with Crippen LogP contribution in [-0.2, 0) is 6.42 Å². The molecule has 3 heteroatoms. The molecule has 88 valence electrons. The Kier molecular flexibility index (Phi) is 5.43. The molecule has 0 aliphatic rings. The molecule has 0 aliphatic carbocycles. The quantitative estimate of drug-likeness (QED) is 0.800. The lowest BCUT2D eigenvalue weighted by Gasteiger charge is -2.11. The normalized spacial score (nSPS) is 11.0. The van der Waals surface area contributed by atoms with E-state index < -0.39 is 0 Å². The molecule has 0 fully saturated rings. The van der Waals surface area contributed by atoms with Crippen LogP contribution in [-0.4, -0.2) is 19.9 Å². The van der Waals surface area contributed by atoms with Gasteiger partial charge in [0.25, 0.3) is 0 Å². The third-order valence-electron chi connectivity index (χ3n) is 2.45. The molecule has 0 bridgehead atoms. The summed E-state index contributed by atoms with van der Waals surface area (Å²) < 4.78 is 5.38. The largest absolute Gasteiger partial charge is 0.496 e. The molecule has 0 saturated heterocycles. The van der Waals surface area contributed by atoms with Crippen molar-refractivity contribution in [2.75, 3.05) is 19.9 Å². The van der Waals surface area contributed by atoms with Gasteiger partial charge in [0, 0.05) is 17.0 Å². The van der Waals surface area contributed by atoms with E-state index in [-0.39, 0.29) is 0 Å². The molecule has 1 aromatic rings. The van der Waals surface area contributed by atoms with Crippen LogP contribution < -0.4 is 10.5 Å². The predicted molar refractivity (Wildman–Crippen MR) is 72.2 cm³/mol. The summed E-state index contributed by atoms with van der Waals surface area (Å²) in [5, 5.41) is 0. The lowest BCUT2D eigenvalue weighted by Crippen LogP contribution is -1.95. The Hall–Kier alpha value is -0.930. The fraction of sp³-hybridized carbons (Fsp3) is 0.385. The molecule has 2 N–H and O–H groups in total. The van der Waals surface area contributed by atoms with Crippen molar-refractivity contribution in [1.29, 1.82) is 0 Å². The summed E-state index contributed by atoms with van der Waals surface area (Å²) >= 11 is 1.77. The lowest BCUT2D eigenvalue weighted by atomic mass is 10.1. The van der Waals surface area contributed by atoms with Crippen molar-refractivity contribution >= 4 is 17.8 Å². The van der Waals surface area contributed by atoms with Crippen LogP contribution in [0.3, 0.4) is 0 Å². The second kappa shape index (κ2) is 6.61. The van der Waals surface area contributed by atoms with Crippen molar-refractivity contribution in [2.45, 2.75) is 18.2 Å². The highest BCUT2D eigenvalue weighted by Crippen LogP contribution is 2.30. The summed E-state index contributed by atoms with van der Waals surface area (Å²) in [5.41, 5.74) is 7.88. The van der Waals surface area contributed by atoms with E-state index in [1.165, 1.54) is 10.5 Å². The Morgan fingerprint density at radius 2 is 2.19 bits per heavy atom. The third kappa shape index (κ3) is 3.03. The van der Waals surface area contributed by atoms with Crippen LogP contribution in [0.4, 0.5) is 0 Å². The van der Waals surface area contributed by atoms with Crippen molar-refractivity contribution in [2.24, 2.45) is 5.73 Å². The molecule has 0 unspecified atom stereocenters. The number of hydrogen-bond acceptors (Lipinski definition) is 3. The molecule has 0 aromatic heterocycles. The van der Waals surface area contributed by atoms with E-state index in [9.17, 15) is 0 Å². The highest BCUT2D eigenvalue weighted by Gasteiger charge is 2.06. The van der Waals surface area contributed by atoms with Gasteiger partial charge in [0.2, 0.25) is 0 Å². The second-order valence-electron chi connectivity index (χ2n) is 3.40. The van der Waals surface area contributed by atoms with Gasteiger partial charge in [-0.05, 0) is 30.4 Å². The SMILES string of the molecule is CCc1cc(OC)c(/C=C/CN)cc1SC. The zero-order chi connectivity index (χ0) is 12.0.